The molecule has 0 N–H and O–H groups in total. The maximum absolute atomic E-state index is 13.6. The highest BCUT2D eigenvalue weighted by atomic mass is 79.9. The van der Waals surface area contributed by atoms with Crippen LogP contribution in [0.2, 0.25) is 5.02 Å². The van der Waals surface area contributed by atoms with Gasteiger partial charge in [-0.2, -0.15) is 0 Å². The molecule has 0 aliphatic heterocycles. The van der Waals surface area contributed by atoms with E-state index in [0.29, 0.717) is 5.02 Å². The molecular formula is C14H9Br2ClF2. The lowest BCUT2D eigenvalue weighted by atomic mass is 10.0. The Morgan fingerprint density at radius 3 is 2.32 bits per heavy atom. The Balaban J connectivity index is 2.25. The van der Waals surface area contributed by atoms with Crippen LogP contribution in [0.5, 0.6) is 0 Å². The van der Waals surface area contributed by atoms with Gasteiger partial charge in [0.1, 0.15) is 11.6 Å². The number of hydrogen-bond acceptors (Lipinski definition) is 0. The van der Waals surface area contributed by atoms with E-state index >= 15 is 0 Å². The quantitative estimate of drug-likeness (QED) is 0.540. The van der Waals surface area contributed by atoms with Gasteiger partial charge in [0.2, 0.25) is 0 Å². The summed E-state index contributed by atoms with van der Waals surface area (Å²) in [6, 6.07) is 9.30. The number of halogens is 5. The highest BCUT2D eigenvalue weighted by molar-refractivity contribution is 9.10. The molecule has 0 amide bonds. The Labute approximate surface area is 132 Å². The monoisotopic (exact) mass is 408 g/mol. The van der Waals surface area contributed by atoms with Crippen LogP contribution in [0.1, 0.15) is 16.0 Å². The summed E-state index contributed by atoms with van der Waals surface area (Å²) >= 11 is 12.8. The van der Waals surface area contributed by atoms with Gasteiger partial charge in [-0.05, 0) is 52.2 Å². The maximum Gasteiger partial charge on any atom is 0.129 e. The van der Waals surface area contributed by atoms with Crippen LogP contribution in [0.15, 0.2) is 40.9 Å². The van der Waals surface area contributed by atoms with Gasteiger partial charge in [0.05, 0.1) is 5.02 Å². The van der Waals surface area contributed by atoms with Gasteiger partial charge in [-0.3, -0.25) is 0 Å². The highest BCUT2D eigenvalue weighted by Gasteiger charge is 2.15. The summed E-state index contributed by atoms with van der Waals surface area (Å²) in [5.41, 5.74) is 0.944. The fraction of sp³-hybridized carbons (Fsp3) is 0.143. The first-order valence-corrected chi connectivity index (χ1v) is 7.59. The molecule has 100 valence electrons. The number of rotatable bonds is 3. The molecule has 0 heterocycles. The summed E-state index contributed by atoms with van der Waals surface area (Å²) in [7, 11) is 0. The number of alkyl halides is 1. The summed E-state index contributed by atoms with van der Waals surface area (Å²) in [5.74, 6) is -1.07. The highest BCUT2D eigenvalue weighted by Crippen LogP contribution is 2.33. The Bertz CT molecular complexity index is 582. The summed E-state index contributed by atoms with van der Waals surface area (Å²) < 4.78 is 27.9. The molecule has 0 aliphatic carbocycles. The number of benzene rings is 2. The average molecular weight is 410 g/mol. The van der Waals surface area contributed by atoms with Crippen molar-refractivity contribution in [1.29, 1.82) is 0 Å². The van der Waals surface area contributed by atoms with Crippen LogP contribution < -0.4 is 0 Å². The van der Waals surface area contributed by atoms with Gasteiger partial charge in [0.25, 0.3) is 0 Å². The molecule has 0 nitrogen and oxygen atoms in total. The molecule has 0 aliphatic rings. The first-order valence-electron chi connectivity index (χ1n) is 5.51. The van der Waals surface area contributed by atoms with Crippen molar-refractivity contribution in [1.82, 2.24) is 0 Å². The molecular weight excluding hydrogens is 401 g/mol. The lowest BCUT2D eigenvalue weighted by molar-refractivity contribution is 0.554. The zero-order valence-corrected chi connectivity index (χ0v) is 13.6. The Morgan fingerprint density at radius 2 is 1.74 bits per heavy atom. The van der Waals surface area contributed by atoms with Crippen molar-refractivity contribution in [3.8, 4) is 0 Å². The number of hydrogen-bond donors (Lipinski definition) is 0. The lowest BCUT2D eigenvalue weighted by Crippen LogP contribution is -2.01. The van der Waals surface area contributed by atoms with Crippen LogP contribution in [0, 0.1) is 11.6 Å². The van der Waals surface area contributed by atoms with Crippen molar-refractivity contribution in [2.24, 2.45) is 0 Å². The van der Waals surface area contributed by atoms with E-state index in [1.54, 1.807) is 6.07 Å². The normalized spacial score (nSPS) is 12.5. The molecule has 0 saturated heterocycles. The van der Waals surface area contributed by atoms with Gasteiger partial charge in [-0.1, -0.05) is 39.7 Å². The van der Waals surface area contributed by atoms with Gasteiger partial charge in [-0.25, -0.2) is 8.78 Å². The van der Waals surface area contributed by atoms with E-state index in [1.165, 1.54) is 18.2 Å². The van der Waals surface area contributed by atoms with Crippen molar-refractivity contribution in [2.75, 3.05) is 0 Å². The molecule has 0 saturated carbocycles. The molecule has 0 spiro atoms. The van der Waals surface area contributed by atoms with E-state index in [0.717, 1.165) is 10.0 Å². The molecule has 1 unspecified atom stereocenters. The van der Waals surface area contributed by atoms with Crippen LogP contribution in [-0.4, -0.2) is 0 Å². The van der Waals surface area contributed by atoms with Gasteiger partial charge in [0, 0.05) is 14.9 Å². The fourth-order valence-corrected chi connectivity index (χ4v) is 2.78. The Hall–Kier alpha value is -0.450. The molecule has 0 fully saturated rings. The molecule has 0 aromatic heterocycles. The van der Waals surface area contributed by atoms with E-state index in [9.17, 15) is 8.78 Å². The van der Waals surface area contributed by atoms with E-state index in [4.69, 9.17) is 11.6 Å². The van der Waals surface area contributed by atoms with Gasteiger partial charge in [-0.15, -0.1) is 0 Å². The minimum atomic E-state index is -0.535. The molecule has 2 aromatic carbocycles. The van der Waals surface area contributed by atoms with E-state index in [1.807, 2.05) is 12.1 Å². The minimum absolute atomic E-state index is 0.0726. The van der Waals surface area contributed by atoms with Gasteiger partial charge in [0.15, 0.2) is 0 Å². The minimum Gasteiger partial charge on any atom is -0.207 e. The second kappa shape index (κ2) is 6.33. The second-order valence-electron chi connectivity index (χ2n) is 4.05. The predicted octanol–water partition coefficient (Wildman–Crippen LogP) is 6.06. The topological polar surface area (TPSA) is 0 Å². The van der Waals surface area contributed by atoms with Crippen molar-refractivity contribution in [3.63, 3.8) is 0 Å². The molecule has 19 heavy (non-hydrogen) atoms. The predicted molar refractivity (Wildman–Crippen MR) is 80.9 cm³/mol. The van der Waals surface area contributed by atoms with E-state index in [2.05, 4.69) is 31.9 Å². The van der Waals surface area contributed by atoms with Crippen LogP contribution in [0.4, 0.5) is 8.78 Å². The summed E-state index contributed by atoms with van der Waals surface area (Å²) in [4.78, 5) is -0.204. The first kappa shape index (κ1) is 14.9. The van der Waals surface area contributed by atoms with Crippen LogP contribution in [0.25, 0.3) is 0 Å². The van der Waals surface area contributed by atoms with Gasteiger partial charge >= 0.3 is 0 Å². The fourth-order valence-electron chi connectivity index (χ4n) is 1.73. The van der Waals surface area contributed by atoms with Crippen molar-refractivity contribution in [3.05, 3.63) is 68.7 Å². The van der Waals surface area contributed by atoms with Crippen LogP contribution >= 0.6 is 43.5 Å². The third-order valence-corrected chi connectivity index (χ3v) is 4.84. The molecule has 0 radical (unpaired) electrons. The van der Waals surface area contributed by atoms with Gasteiger partial charge < -0.3 is 0 Å². The van der Waals surface area contributed by atoms with E-state index in [-0.39, 0.29) is 16.8 Å². The molecule has 1 atom stereocenters. The van der Waals surface area contributed by atoms with Crippen molar-refractivity contribution in [2.45, 2.75) is 11.2 Å². The average Bonchev–Trinajstić information content (AvgIpc) is 2.37. The summed E-state index contributed by atoms with van der Waals surface area (Å²) in [6.45, 7) is 0. The maximum atomic E-state index is 13.6. The lowest BCUT2D eigenvalue weighted by Gasteiger charge is -2.12. The first-order chi connectivity index (χ1) is 8.99. The van der Waals surface area contributed by atoms with Crippen LogP contribution in [-0.2, 0) is 6.42 Å². The molecule has 5 heteroatoms. The largest absolute Gasteiger partial charge is 0.207 e. The van der Waals surface area contributed by atoms with E-state index < -0.39 is 11.6 Å². The van der Waals surface area contributed by atoms with Crippen LogP contribution in [0.3, 0.4) is 0 Å². The third-order valence-electron chi connectivity index (χ3n) is 2.75. The zero-order valence-electron chi connectivity index (χ0n) is 9.64. The molecule has 2 aromatic rings. The third kappa shape index (κ3) is 3.56. The smallest absolute Gasteiger partial charge is 0.129 e. The summed E-state index contributed by atoms with van der Waals surface area (Å²) in [5, 5.41) is 0.566. The second-order valence-corrected chi connectivity index (χ2v) is 6.41. The van der Waals surface area contributed by atoms with Crippen molar-refractivity contribution < 1.29 is 8.78 Å². The molecule has 0 bridgehead atoms. The Kier molecular flexibility index (Phi) is 4.98. The molecule has 2 rings (SSSR count). The standard InChI is InChI=1S/C14H9Br2ClF2/c15-10-5-4-8(6-12(10)17)11(16)7-9-13(18)2-1-3-14(9)19/h1-6,11H,7H2. The zero-order chi connectivity index (χ0) is 14.0. The Morgan fingerprint density at radius 1 is 1.11 bits per heavy atom. The SMILES string of the molecule is Fc1cccc(F)c1CC(Br)c1ccc(Br)c(Cl)c1. The van der Waals surface area contributed by atoms with Crippen molar-refractivity contribution >= 4 is 43.5 Å². The summed E-state index contributed by atoms with van der Waals surface area (Å²) in [6.07, 6.45) is 0.219.